The van der Waals surface area contributed by atoms with Crippen molar-refractivity contribution >= 4 is 23.9 Å². The van der Waals surface area contributed by atoms with E-state index in [-0.39, 0.29) is 17.5 Å². The lowest BCUT2D eigenvalue weighted by Crippen LogP contribution is -2.77. The lowest BCUT2D eigenvalue weighted by atomic mass is 9.52. The zero-order valence-electron chi connectivity index (χ0n) is 30.8. The van der Waals surface area contributed by atoms with Gasteiger partial charge in [-0.05, 0) is 56.0 Å². The van der Waals surface area contributed by atoms with Gasteiger partial charge in [-0.25, -0.2) is 9.59 Å². The number of esters is 4. The highest BCUT2D eigenvalue weighted by atomic mass is 16.9. The summed E-state index contributed by atoms with van der Waals surface area (Å²) in [6, 6.07) is 16.4. The van der Waals surface area contributed by atoms with Crippen LogP contribution in [-0.2, 0) is 42.7 Å². The molecule has 3 aliphatic carbocycles. The van der Waals surface area contributed by atoms with E-state index >= 15 is 0 Å². The van der Waals surface area contributed by atoms with Gasteiger partial charge in [0, 0.05) is 32.6 Å². The van der Waals surface area contributed by atoms with Crippen molar-refractivity contribution in [3.05, 3.63) is 83.9 Å². The molecule has 2 N–H and O–H groups in total. The highest BCUT2D eigenvalue weighted by Gasteiger charge is 2.88. The average molecular weight is 735 g/mol. The van der Waals surface area contributed by atoms with E-state index in [0.29, 0.717) is 5.57 Å². The van der Waals surface area contributed by atoms with Gasteiger partial charge in [0.25, 0.3) is 5.97 Å². The summed E-state index contributed by atoms with van der Waals surface area (Å²) in [5.41, 5.74) is -7.39. The van der Waals surface area contributed by atoms with Gasteiger partial charge in [0.1, 0.15) is 35.6 Å². The summed E-state index contributed by atoms with van der Waals surface area (Å²) in [4.78, 5) is 53.7. The number of carbonyl (C=O) groups is 4. The standard InChI is InChI=1S/C40H46O13/c1-20(2)39-30(49-33(43)25-15-11-9-12-16-25)22(4)40-27-19-21(3)29(47-23(5)41)38(27,46)35(50-34(44)26-17-13-10-14-18-26)36(7,45)31(48-24(6)42)28(40)32(39)51-37(8,52-39)53-40/h9-18,21-22,27-32,35,45-46H,1,19H2,2-8H3/t21-,22+,27+,28-,29-,30-,31-,32+,35+,36+,37?,38+,39-,40-/m0/s1. The van der Waals surface area contributed by atoms with Crippen LogP contribution >= 0.6 is 0 Å². The van der Waals surface area contributed by atoms with Gasteiger partial charge >= 0.3 is 23.9 Å². The Morgan fingerprint density at radius 2 is 1.28 bits per heavy atom. The molecule has 13 nitrogen and oxygen atoms in total. The summed E-state index contributed by atoms with van der Waals surface area (Å²) < 4.78 is 44.9. The summed E-state index contributed by atoms with van der Waals surface area (Å²) in [5.74, 6) is -8.76. The van der Waals surface area contributed by atoms with Gasteiger partial charge in [-0.1, -0.05) is 56.8 Å². The highest BCUT2D eigenvalue weighted by molar-refractivity contribution is 5.90. The molecule has 0 spiro atoms. The van der Waals surface area contributed by atoms with Crippen molar-refractivity contribution in [3.8, 4) is 0 Å². The molecule has 53 heavy (non-hydrogen) atoms. The molecule has 5 fully saturated rings. The van der Waals surface area contributed by atoms with E-state index in [2.05, 4.69) is 6.58 Å². The number of hydrogen-bond acceptors (Lipinski definition) is 13. The molecule has 13 heteroatoms. The largest absolute Gasteiger partial charge is 0.459 e. The number of hydrogen-bond donors (Lipinski definition) is 2. The SMILES string of the molecule is C=C(C)[C@@]12OC3(C)O[C@@H]1[C@@H]1[C@H](OC(C)=O)[C@@](C)(O)[C@@H](OC(=O)c4ccccc4)[C@@]4(O)[C@@H](C[C@H](C)[C@@H]4OC(C)=O)[C@@]1(O3)[C@H](C)[C@@H]2OC(=O)c1ccccc1. The van der Waals surface area contributed by atoms with Crippen LogP contribution in [0.25, 0.3) is 0 Å². The van der Waals surface area contributed by atoms with Crippen LogP contribution in [-0.4, -0.2) is 93.0 Å². The molecule has 0 aromatic heterocycles. The Balaban J connectivity index is 1.50. The molecule has 14 atom stereocenters. The van der Waals surface area contributed by atoms with Gasteiger partial charge in [-0.2, -0.15) is 0 Å². The molecule has 1 unspecified atom stereocenters. The lowest BCUT2D eigenvalue weighted by Gasteiger charge is -2.62. The molecule has 0 amide bonds. The summed E-state index contributed by atoms with van der Waals surface area (Å²) in [6.07, 6.45) is -7.12. The van der Waals surface area contributed by atoms with Gasteiger partial charge in [0.05, 0.1) is 22.6 Å². The number of fused-ring (bicyclic) bond motifs is 2. The van der Waals surface area contributed by atoms with Crippen LogP contribution in [0.1, 0.15) is 75.6 Å². The lowest BCUT2D eigenvalue weighted by molar-refractivity contribution is -0.429. The number of carbonyl (C=O) groups excluding carboxylic acids is 4. The Morgan fingerprint density at radius 1 is 0.755 bits per heavy atom. The molecule has 5 aliphatic rings. The molecule has 2 aromatic carbocycles. The fraction of sp³-hybridized carbons (Fsp3) is 0.550. The minimum Gasteiger partial charge on any atom is -0.459 e. The van der Waals surface area contributed by atoms with Gasteiger partial charge in [-0.3, -0.25) is 9.59 Å². The minimum atomic E-state index is -2.41. The predicted molar refractivity (Wildman–Crippen MR) is 184 cm³/mol. The first-order chi connectivity index (χ1) is 24.8. The average Bonchev–Trinajstić information content (AvgIpc) is 3.47. The van der Waals surface area contributed by atoms with Crippen molar-refractivity contribution in [2.45, 2.75) is 114 Å². The van der Waals surface area contributed by atoms with Gasteiger partial charge in [-0.15, -0.1) is 0 Å². The monoisotopic (exact) mass is 734 g/mol. The molecular formula is C40H46O13. The van der Waals surface area contributed by atoms with Crippen molar-refractivity contribution in [1.29, 1.82) is 0 Å². The van der Waals surface area contributed by atoms with E-state index < -0.39 is 106 Å². The Bertz CT molecular complexity index is 1830. The molecule has 2 aromatic rings. The van der Waals surface area contributed by atoms with Crippen molar-refractivity contribution in [2.75, 3.05) is 0 Å². The van der Waals surface area contributed by atoms with E-state index in [9.17, 15) is 29.4 Å². The maximum Gasteiger partial charge on any atom is 0.338 e. The minimum absolute atomic E-state index is 0.0970. The second-order valence-electron chi connectivity index (χ2n) is 15.6. The van der Waals surface area contributed by atoms with Crippen LogP contribution in [0, 0.1) is 23.7 Å². The Kier molecular flexibility index (Phi) is 8.74. The summed E-state index contributed by atoms with van der Waals surface area (Å²) in [7, 11) is 0. The van der Waals surface area contributed by atoms with Gasteiger partial charge in [0.2, 0.25) is 0 Å². The van der Waals surface area contributed by atoms with Crippen LogP contribution in [0.5, 0.6) is 0 Å². The van der Waals surface area contributed by atoms with Crippen LogP contribution in [0.2, 0.25) is 0 Å². The smallest absolute Gasteiger partial charge is 0.338 e. The molecule has 0 radical (unpaired) electrons. The van der Waals surface area contributed by atoms with Crippen molar-refractivity contribution in [3.63, 3.8) is 0 Å². The first-order valence-corrected chi connectivity index (χ1v) is 17.9. The Hall–Kier alpha value is -4.14. The first kappa shape index (κ1) is 37.2. The van der Waals surface area contributed by atoms with Crippen molar-refractivity contribution < 1.29 is 62.5 Å². The third-order valence-corrected chi connectivity index (χ3v) is 12.2. The first-order valence-electron chi connectivity index (χ1n) is 17.9. The third-order valence-electron chi connectivity index (χ3n) is 12.2. The van der Waals surface area contributed by atoms with Gasteiger partial charge < -0.3 is 43.4 Å². The Morgan fingerprint density at radius 3 is 1.81 bits per heavy atom. The Labute approximate surface area is 307 Å². The molecule has 284 valence electrons. The number of ether oxygens (including phenoxy) is 7. The number of rotatable bonds is 7. The molecular weight excluding hydrogens is 688 g/mol. The maximum atomic E-state index is 13.9. The quantitative estimate of drug-likeness (QED) is 0.239. The second kappa shape index (κ2) is 12.5. The zero-order chi connectivity index (χ0) is 38.5. The maximum absolute atomic E-state index is 13.9. The molecule has 7 rings (SSSR count). The van der Waals surface area contributed by atoms with Gasteiger partial charge in [0.15, 0.2) is 11.7 Å². The molecule has 3 saturated carbocycles. The van der Waals surface area contributed by atoms with Crippen molar-refractivity contribution in [1.82, 2.24) is 0 Å². The number of benzene rings is 2. The zero-order valence-corrected chi connectivity index (χ0v) is 30.8. The normalized spacial score (nSPS) is 43.5. The van der Waals surface area contributed by atoms with Crippen LogP contribution in [0.4, 0.5) is 0 Å². The highest BCUT2D eigenvalue weighted by Crippen LogP contribution is 2.71. The number of aliphatic hydroxyl groups is 2. The van der Waals surface area contributed by atoms with Crippen LogP contribution in [0.15, 0.2) is 72.8 Å². The van der Waals surface area contributed by atoms with E-state index in [1.54, 1.807) is 76.2 Å². The molecule has 2 saturated heterocycles. The third kappa shape index (κ3) is 5.22. The van der Waals surface area contributed by atoms with E-state index in [1.165, 1.54) is 32.9 Å². The van der Waals surface area contributed by atoms with E-state index in [1.807, 2.05) is 0 Å². The molecule has 3 bridgehead atoms. The molecule has 2 heterocycles. The topological polar surface area (TPSA) is 173 Å². The van der Waals surface area contributed by atoms with E-state index in [0.717, 1.165) is 0 Å². The summed E-state index contributed by atoms with van der Waals surface area (Å²) >= 11 is 0. The summed E-state index contributed by atoms with van der Waals surface area (Å²) in [6.45, 7) is 14.7. The van der Waals surface area contributed by atoms with Crippen LogP contribution < -0.4 is 0 Å². The fourth-order valence-corrected chi connectivity index (χ4v) is 10.4. The van der Waals surface area contributed by atoms with Crippen LogP contribution in [0.3, 0.4) is 0 Å². The predicted octanol–water partition coefficient (Wildman–Crippen LogP) is 3.89. The molecule has 2 aliphatic heterocycles. The second-order valence-corrected chi connectivity index (χ2v) is 15.6. The van der Waals surface area contributed by atoms with Crippen molar-refractivity contribution in [2.24, 2.45) is 23.7 Å². The summed E-state index contributed by atoms with van der Waals surface area (Å²) in [5, 5.41) is 26.5. The van der Waals surface area contributed by atoms with E-state index in [4.69, 9.17) is 33.2 Å². The fourth-order valence-electron chi connectivity index (χ4n) is 10.4.